The van der Waals surface area contributed by atoms with E-state index < -0.39 is 11.9 Å². The van der Waals surface area contributed by atoms with Gasteiger partial charge in [0, 0.05) is 37.8 Å². The van der Waals surface area contributed by atoms with Crippen LogP contribution in [0.3, 0.4) is 0 Å². The third kappa shape index (κ3) is 2.89. The van der Waals surface area contributed by atoms with Gasteiger partial charge in [0.2, 0.25) is 5.95 Å². The van der Waals surface area contributed by atoms with Gasteiger partial charge in [-0.2, -0.15) is 13.2 Å². The highest BCUT2D eigenvalue weighted by molar-refractivity contribution is 5.37. The highest BCUT2D eigenvalue weighted by atomic mass is 19.4. The number of anilines is 1. The van der Waals surface area contributed by atoms with Crippen LogP contribution in [0.25, 0.3) is 0 Å². The minimum absolute atomic E-state index is 0.0993. The normalized spacial score (nSPS) is 15.2. The lowest BCUT2D eigenvalue weighted by Gasteiger charge is -2.27. The molecule has 0 amide bonds. The van der Waals surface area contributed by atoms with Crippen LogP contribution >= 0.6 is 0 Å². The number of halogens is 3. The van der Waals surface area contributed by atoms with E-state index in [4.69, 9.17) is 0 Å². The Balaban J connectivity index is 1.89. The second-order valence-electron chi connectivity index (χ2n) is 5.99. The number of alkyl halides is 3. The van der Waals surface area contributed by atoms with Gasteiger partial charge in [0.15, 0.2) is 0 Å². The van der Waals surface area contributed by atoms with Crippen LogP contribution in [0.5, 0.6) is 0 Å². The Bertz CT molecular complexity index is 720. The summed E-state index contributed by atoms with van der Waals surface area (Å²) < 4.78 is 40.5. The zero-order chi connectivity index (χ0) is 16.8. The summed E-state index contributed by atoms with van der Waals surface area (Å²) in [5.41, 5.74) is 1.11. The second-order valence-corrected chi connectivity index (χ2v) is 5.99. The van der Waals surface area contributed by atoms with E-state index in [1.54, 1.807) is 4.90 Å². The van der Waals surface area contributed by atoms with Crippen LogP contribution in [-0.4, -0.2) is 26.1 Å². The van der Waals surface area contributed by atoms with E-state index in [-0.39, 0.29) is 5.95 Å². The van der Waals surface area contributed by atoms with Gasteiger partial charge in [0.05, 0.1) is 12.2 Å². The molecule has 1 aliphatic heterocycles. The van der Waals surface area contributed by atoms with Crippen molar-refractivity contribution in [1.82, 2.24) is 19.5 Å². The van der Waals surface area contributed by atoms with Crippen LogP contribution in [-0.2, 0) is 26.2 Å². The van der Waals surface area contributed by atoms with Gasteiger partial charge >= 0.3 is 6.18 Å². The molecule has 0 N–H and O–H groups in total. The Morgan fingerprint density at radius 3 is 2.61 bits per heavy atom. The standard InChI is InChI=1S/C15H18F3N5/c1-9(2)13-20-10-8-23(7-5-11(10)22(13)3)14-19-6-4-12(21-14)15(16,17)18/h4,6,9H,5,7-8H2,1-3H3. The molecule has 0 spiro atoms. The van der Waals surface area contributed by atoms with Crippen molar-refractivity contribution in [3.63, 3.8) is 0 Å². The van der Waals surface area contributed by atoms with Crippen molar-refractivity contribution in [2.24, 2.45) is 7.05 Å². The first-order chi connectivity index (χ1) is 10.8. The first kappa shape index (κ1) is 15.8. The van der Waals surface area contributed by atoms with Crippen molar-refractivity contribution in [3.8, 4) is 0 Å². The van der Waals surface area contributed by atoms with Crippen molar-refractivity contribution in [1.29, 1.82) is 0 Å². The third-order valence-electron chi connectivity index (χ3n) is 4.02. The molecule has 0 radical (unpaired) electrons. The van der Waals surface area contributed by atoms with Crippen molar-refractivity contribution < 1.29 is 13.2 Å². The quantitative estimate of drug-likeness (QED) is 0.852. The molecule has 0 aromatic carbocycles. The summed E-state index contributed by atoms with van der Waals surface area (Å²) in [5.74, 6) is 1.38. The van der Waals surface area contributed by atoms with E-state index in [0.717, 1.165) is 29.5 Å². The van der Waals surface area contributed by atoms with Gasteiger partial charge in [-0.05, 0) is 6.07 Å². The number of hydrogen-bond acceptors (Lipinski definition) is 4. The number of imidazole rings is 1. The molecule has 0 unspecified atom stereocenters. The Kier molecular flexibility index (Phi) is 3.77. The zero-order valence-corrected chi connectivity index (χ0v) is 13.2. The summed E-state index contributed by atoms with van der Waals surface area (Å²) >= 11 is 0. The fourth-order valence-corrected chi connectivity index (χ4v) is 2.89. The van der Waals surface area contributed by atoms with Crippen LogP contribution in [0.1, 0.15) is 42.7 Å². The maximum Gasteiger partial charge on any atom is 0.433 e. The maximum absolute atomic E-state index is 12.8. The Morgan fingerprint density at radius 1 is 1.22 bits per heavy atom. The molecular formula is C15H18F3N5. The monoisotopic (exact) mass is 325 g/mol. The van der Waals surface area contributed by atoms with E-state index in [0.29, 0.717) is 25.4 Å². The van der Waals surface area contributed by atoms with Crippen LogP contribution in [0.2, 0.25) is 0 Å². The summed E-state index contributed by atoms with van der Waals surface area (Å²) in [6.07, 6.45) is -2.60. The molecule has 0 saturated carbocycles. The lowest BCUT2D eigenvalue weighted by Crippen LogP contribution is -2.32. The molecule has 0 saturated heterocycles. The van der Waals surface area contributed by atoms with Crippen LogP contribution in [0.15, 0.2) is 12.3 Å². The fraction of sp³-hybridized carbons (Fsp3) is 0.533. The molecule has 2 aromatic heterocycles. The van der Waals surface area contributed by atoms with Gasteiger partial charge in [0.25, 0.3) is 0 Å². The van der Waals surface area contributed by atoms with E-state index in [2.05, 4.69) is 33.4 Å². The summed E-state index contributed by atoms with van der Waals surface area (Å²) in [7, 11) is 1.98. The first-order valence-corrected chi connectivity index (χ1v) is 7.47. The van der Waals surface area contributed by atoms with E-state index in [1.165, 1.54) is 0 Å². The molecule has 23 heavy (non-hydrogen) atoms. The van der Waals surface area contributed by atoms with Gasteiger partial charge in [-0.15, -0.1) is 0 Å². The number of fused-ring (bicyclic) bond motifs is 1. The van der Waals surface area contributed by atoms with Crippen LogP contribution in [0.4, 0.5) is 19.1 Å². The predicted octanol–water partition coefficient (Wildman–Crippen LogP) is 2.92. The lowest BCUT2D eigenvalue weighted by molar-refractivity contribution is -0.141. The van der Waals surface area contributed by atoms with E-state index >= 15 is 0 Å². The van der Waals surface area contributed by atoms with Gasteiger partial charge in [-0.3, -0.25) is 0 Å². The molecule has 3 rings (SSSR count). The number of nitrogens with zero attached hydrogens (tertiary/aromatic N) is 5. The van der Waals surface area contributed by atoms with Gasteiger partial charge < -0.3 is 9.47 Å². The Labute approximate surface area is 132 Å². The second kappa shape index (κ2) is 5.50. The van der Waals surface area contributed by atoms with Gasteiger partial charge in [0.1, 0.15) is 11.5 Å². The average molecular weight is 325 g/mol. The molecule has 124 valence electrons. The van der Waals surface area contributed by atoms with Crippen LogP contribution < -0.4 is 4.90 Å². The molecular weight excluding hydrogens is 307 g/mol. The van der Waals surface area contributed by atoms with Gasteiger partial charge in [-0.1, -0.05) is 13.8 Å². The molecule has 5 nitrogen and oxygen atoms in total. The Hall–Kier alpha value is -2.12. The minimum Gasteiger partial charge on any atom is -0.334 e. The highest BCUT2D eigenvalue weighted by Gasteiger charge is 2.34. The predicted molar refractivity (Wildman–Crippen MR) is 79.1 cm³/mol. The highest BCUT2D eigenvalue weighted by Crippen LogP contribution is 2.29. The lowest BCUT2D eigenvalue weighted by atomic mass is 10.1. The molecule has 0 bridgehead atoms. The summed E-state index contributed by atoms with van der Waals surface area (Å²) in [5, 5.41) is 0. The zero-order valence-electron chi connectivity index (χ0n) is 13.2. The topological polar surface area (TPSA) is 46.8 Å². The number of aromatic nitrogens is 4. The summed E-state index contributed by atoms with van der Waals surface area (Å²) in [6.45, 7) is 5.14. The van der Waals surface area contributed by atoms with E-state index in [9.17, 15) is 13.2 Å². The van der Waals surface area contributed by atoms with Crippen molar-refractivity contribution in [2.45, 2.75) is 38.9 Å². The molecule has 0 atom stereocenters. The van der Waals surface area contributed by atoms with Crippen molar-refractivity contribution in [3.05, 3.63) is 35.2 Å². The molecule has 2 aromatic rings. The van der Waals surface area contributed by atoms with Gasteiger partial charge in [-0.25, -0.2) is 15.0 Å². The van der Waals surface area contributed by atoms with E-state index in [1.807, 2.05) is 7.05 Å². The summed E-state index contributed by atoms with van der Waals surface area (Å²) in [6, 6.07) is 0.885. The number of hydrogen-bond donors (Lipinski definition) is 0. The molecule has 1 aliphatic rings. The maximum atomic E-state index is 12.8. The van der Waals surface area contributed by atoms with Crippen molar-refractivity contribution >= 4 is 5.95 Å². The molecule has 0 aliphatic carbocycles. The molecule has 8 heteroatoms. The SMILES string of the molecule is CC(C)c1nc2c(n1C)CCN(c1nccc(C(F)(F)F)n1)C2. The Morgan fingerprint density at radius 2 is 1.96 bits per heavy atom. The van der Waals surface area contributed by atoms with Crippen molar-refractivity contribution in [2.75, 3.05) is 11.4 Å². The average Bonchev–Trinajstić information content (AvgIpc) is 2.83. The largest absolute Gasteiger partial charge is 0.433 e. The number of rotatable bonds is 2. The summed E-state index contributed by atoms with van der Waals surface area (Å²) in [4.78, 5) is 14.0. The first-order valence-electron chi connectivity index (χ1n) is 7.47. The van der Waals surface area contributed by atoms with Crippen LogP contribution in [0, 0.1) is 0 Å². The smallest absolute Gasteiger partial charge is 0.334 e. The minimum atomic E-state index is -4.46. The fourth-order valence-electron chi connectivity index (χ4n) is 2.89. The third-order valence-corrected chi connectivity index (χ3v) is 4.02. The molecule has 3 heterocycles. The molecule has 0 fully saturated rings.